The number of hydrogen-bond donors (Lipinski definition) is 1. The Hall–Kier alpha value is -2.71. The van der Waals surface area contributed by atoms with Crippen LogP contribution in [-0.2, 0) is 9.59 Å². The van der Waals surface area contributed by atoms with Crippen LogP contribution in [0.5, 0.6) is 11.5 Å². The first-order valence-electron chi connectivity index (χ1n) is 7.83. The minimum absolute atomic E-state index is 0.0296. The van der Waals surface area contributed by atoms with Crippen LogP contribution in [0.2, 0.25) is 0 Å². The van der Waals surface area contributed by atoms with E-state index in [1.54, 1.807) is 43.5 Å². The fourth-order valence-electron chi connectivity index (χ4n) is 2.60. The van der Waals surface area contributed by atoms with Crippen molar-refractivity contribution in [2.45, 2.75) is 0 Å². The summed E-state index contributed by atoms with van der Waals surface area (Å²) in [6.45, 7) is 0. The molecule has 3 rings (SSSR count). The number of halogens is 1. The highest BCUT2D eigenvalue weighted by Gasteiger charge is 2.34. The first-order chi connectivity index (χ1) is 12.9. The number of nitrogens with zero attached hydrogens (tertiary/aromatic N) is 1. The molecule has 2 aromatic rings. The fraction of sp³-hybridized carbons (Fsp3) is 0.105. The zero-order valence-corrected chi connectivity index (χ0v) is 16.9. The van der Waals surface area contributed by atoms with Crippen LogP contribution in [0.3, 0.4) is 0 Å². The lowest BCUT2D eigenvalue weighted by Gasteiger charge is -2.29. The third-order valence-electron chi connectivity index (χ3n) is 3.91. The summed E-state index contributed by atoms with van der Waals surface area (Å²) < 4.78 is 11.3. The molecule has 8 heteroatoms. The SMILES string of the molecule is COc1ccc(C=C2C(=O)NC(=S)N(c3cccc(Br)c3)C2=O)c(OC)c1. The lowest BCUT2D eigenvalue weighted by molar-refractivity contribution is -0.122. The number of amides is 2. The highest BCUT2D eigenvalue weighted by atomic mass is 79.9. The van der Waals surface area contributed by atoms with Crippen molar-refractivity contribution in [2.75, 3.05) is 19.1 Å². The van der Waals surface area contributed by atoms with Crippen LogP contribution in [0, 0.1) is 0 Å². The van der Waals surface area contributed by atoms with Crippen molar-refractivity contribution < 1.29 is 19.1 Å². The van der Waals surface area contributed by atoms with Gasteiger partial charge < -0.3 is 9.47 Å². The summed E-state index contributed by atoms with van der Waals surface area (Å²) in [6.07, 6.45) is 1.47. The summed E-state index contributed by atoms with van der Waals surface area (Å²) in [5.74, 6) is 0.00352. The third kappa shape index (κ3) is 3.86. The summed E-state index contributed by atoms with van der Waals surface area (Å²) in [5, 5.41) is 2.59. The Kier molecular flexibility index (Phi) is 5.57. The van der Waals surface area contributed by atoms with Gasteiger partial charge in [0, 0.05) is 16.1 Å². The summed E-state index contributed by atoms with van der Waals surface area (Å²) in [6, 6.07) is 12.2. The molecular weight excluding hydrogens is 432 g/mol. The van der Waals surface area contributed by atoms with Gasteiger partial charge in [0.05, 0.1) is 19.9 Å². The van der Waals surface area contributed by atoms with Crippen molar-refractivity contribution in [2.24, 2.45) is 0 Å². The lowest BCUT2D eigenvalue weighted by atomic mass is 10.1. The Labute approximate surface area is 169 Å². The van der Waals surface area contributed by atoms with Gasteiger partial charge in [-0.15, -0.1) is 0 Å². The molecule has 138 valence electrons. The Morgan fingerprint density at radius 3 is 2.56 bits per heavy atom. The molecule has 0 atom stereocenters. The van der Waals surface area contributed by atoms with E-state index in [1.165, 1.54) is 18.1 Å². The molecule has 1 aliphatic heterocycles. The van der Waals surface area contributed by atoms with Gasteiger partial charge in [-0.25, -0.2) is 0 Å². The van der Waals surface area contributed by atoms with E-state index >= 15 is 0 Å². The molecule has 0 aliphatic carbocycles. The topological polar surface area (TPSA) is 67.9 Å². The lowest BCUT2D eigenvalue weighted by Crippen LogP contribution is -2.54. The summed E-state index contributed by atoms with van der Waals surface area (Å²) in [7, 11) is 3.05. The molecule has 0 unspecified atom stereocenters. The van der Waals surface area contributed by atoms with E-state index in [-0.39, 0.29) is 10.7 Å². The molecule has 27 heavy (non-hydrogen) atoms. The molecule has 6 nitrogen and oxygen atoms in total. The molecule has 1 heterocycles. The van der Waals surface area contributed by atoms with Crippen molar-refractivity contribution in [3.63, 3.8) is 0 Å². The van der Waals surface area contributed by atoms with Crippen LogP contribution in [0.25, 0.3) is 6.08 Å². The van der Waals surface area contributed by atoms with Crippen molar-refractivity contribution in [1.29, 1.82) is 0 Å². The van der Waals surface area contributed by atoms with Crippen molar-refractivity contribution in [3.05, 3.63) is 58.1 Å². The fourth-order valence-corrected chi connectivity index (χ4v) is 3.27. The van der Waals surface area contributed by atoms with Gasteiger partial charge in [-0.2, -0.15) is 0 Å². The van der Waals surface area contributed by atoms with Gasteiger partial charge in [0.15, 0.2) is 5.11 Å². The van der Waals surface area contributed by atoms with Crippen LogP contribution in [0.4, 0.5) is 5.69 Å². The number of benzene rings is 2. The molecule has 1 fully saturated rings. The molecule has 1 N–H and O–H groups in total. The molecular formula is C19H15BrN2O4S. The zero-order valence-electron chi connectivity index (χ0n) is 14.5. The zero-order chi connectivity index (χ0) is 19.6. The van der Waals surface area contributed by atoms with Crippen LogP contribution < -0.4 is 19.7 Å². The molecule has 0 saturated carbocycles. The molecule has 0 radical (unpaired) electrons. The second-order valence-corrected chi connectivity index (χ2v) is 6.85. The number of nitrogens with one attached hydrogen (secondary N) is 1. The molecule has 1 aliphatic rings. The van der Waals surface area contributed by atoms with Crippen LogP contribution in [-0.4, -0.2) is 31.1 Å². The summed E-state index contributed by atoms with van der Waals surface area (Å²) >= 11 is 8.57. The highest BCUT2D eigenvalue weighted by molar-refractivity contribution is 9.10. The van der Waals surface area contributed by atoms with E-state index in [2.05, 4.69) is 21.2 Å². The average molecular weight is 447 g/mol. The highest BCUT2D eigenvalue weighted by Crippen LogP contribution is 2.29. The van der Waals surface area contributed by atoms with Gasteiger partial charge in [0.1, 0.15) is 17.1 Å². The molecule has 0 aromatic heterocycles. The molecule has 1 saturated heterocycles. The molecule has 2 amide bonds. The van der Waals surface area contributed by atoms with Crippen LogP contribution in [0.1, 0.15) is 5.56 Å². The Bertz CT molecular complexity index is 974. The van der Waals surface area contributed by atoms with Crippen molar-refractivity contribution >= 4 is 56.8 Å². The van der Waals surface area contributed by atoms with Crippen molar-refractivity contribution in [1.82, 2.24) is 5.32 Å². The summed E-state index contributed by atoms with van der Waals surface area (Å²) in [5.41, 5.74) is 1.07. The van der Waals surface area contributed by atoms with E-state index in [4.69, 9.17) is 21.7 Å². The minimum atomic E-state index is -0.561. The number of rotatable bonds is 4. The maximum Gasteiger partial charge on any atom is 0.270 e. The number of hydrogen-bond acceptors (Lipinski definition) is 5. The second kappa shape index (κ2) is 7.89. The quantitative estimate of drug-likeness (QED) is 0.443. The van der Waals surface area contributed by atoms with Gasteiger partial charge in [0.25, 0.3) is 11.8 Å². The van der Waals surface area contributed by atoms with Crippen molar-refractivity contribution in [3.8, 4) is 11.5 Å². The Morgan fingerprint density at radius 2 is 1.89 bits per heavy atom. The van der Waals surface area contributed by atoms with E-state index in [0.717, 1.165) is 4.47 Å². The van der Waals surface area contributed by atoms with E-state index in [9.17, 15) is 9.59 Å². The number of thiocarbonyl (C=S) groups is 1. The Balaban J connectivity index is 2.04. The standard InChI is InChI=1S/C19H15BrN2O4S/c1-25-14-7-6-11(16(10-14)26-2)8-15-17(23)21-19(27)22(18(15)24)13-5-3-4-12(20)9-13/h3-10H,1-2H3,(H,21,23,27). The molecule has 0 spiro atoms. The maximum absolute atomic E-state index is 13.0. The maximum atomic E-state index is 13.0. The van der Waals surface area contributed by atoms with Gasteiger partial charge in [-0.3, -0.25) is 19.8 Å². The van der Waals surface area contributed by atoms with Gasteiger partial charge in [-0.1, -0.05) is 22.0 Å². The molecule has 0 bridgehead atoms. The number of ether oxygens (including phenoxy) is 2. The number of carbonyl (C=O) groups is 2. The third-order valence-corrected chi connectivity index (χ3v) is 4.69. The Morgan fingerprint density at radius 1 is 1.11 bits per heavy atom. The molecule has 2 aromatic carbocycles. The number of anilines is 1. The second-order valence-electron chi connectivity index (χ2n) is 5.55. The largest absolute Gasteiger partial charge is 0.497 e. The average Bonchev–Trinajstić information content (AvgIpc) is 2.65. The first kappa shape index (κ1) is 19.1. The predicted octanol–water partition coefficient (Wildman–Crippen LogP) is 3.30. The van der Waals surface area contributed by atoms with E-state index in [1.807, 2.05) is 6.07 Å². The van der Waals surface area contributed by atoms with Gasteiger partial charge >= 0.3 is 0 Å². The van der Waals surface area contributed by atoms with E-state index < -0.39 is 11.8 Å². The first-order valence-corrected chi connectivity index (χ1v) is 9.03. The predicted molar refractivity (Wildman–Crippen MR) is 110 cm³/mol. The van der Waals surface area contributed by atoms with Gasteiger partial charge in [0.2, 0.25) is 0 Å². The smallest absolute Gasteiger partial charge is 0.270 e. The number of carbonyl (C=O) groups excluding carboxylic acids is 2. The van der Waals surface area contributed by atoms with E-state index in [0.29, 0.717) is 22.7 Å². The van der Waals surface area contributed by atoms with Crippen LogP contribution >= 0.6 is 28.1 Å². The monoisotopic (exact) mass is 446 g/mol. The summed E-state index contributed by atoms with van der Waals surface area (Å²) in [4.78, 5) is 26.7. The number of methoxy groups -OCH3 is 2. The normalized spacial score (nSPS) is 15.7. The minimum Gasteiger partial charge on any atom is -0.497 e. The van der Waals surface area contributed by atoms with Gasteiger partial charge in [-0.05, 0) is 48.6 Å². The van der Waals surface area contributed by atoms with Crippen LogP contribution in [0.15, 0.2) is 52.5 Å².